The first-order chi connectivity index (χ1) is 12.0. The summed E-state index contributed by atoms with van der Waals surface area (Å²) in [5.74, 6) is 0.266. The van der Waals surface area contributed by atoms with Crippen molar-refractivity contribution in [3.8, 4) is 0 Å². The van der Waals surface area contributed by atoms with Crippen LogP contribution in [-0.4, -0.2) is 14.3 Å². The van der Waals surface area contributed by atoms with Gasteiger partial charge in [0, 0.05) is 11.3 Å². The largest absolute Gasteiger partial charge is 0.468 e. The first-order valence-electron chi connectivity index (χ1n) is 7.53. The number of hydrogen-bond acceptors (Lipinski definition) is 4. The molecule has 6 nitrogen and oxygen atoms in total. The van der Waals surface area contributed by atoms with E-state index in [1.165, 1.54) is 18.4 Å². The van der Waals surface area contributed by atoms with E-state index in [-0.39, 0.29) is 17.3 Å². The van der Waals surface area contributed by atoms with Gasteiger partial charge in [0.25, 0.3) is 5.91 Å². The van der Waals surface area contributed by atoms with Crippen LogP contribution in [0.1, 0.15) is 16.1 Å². The van der Waals surface area contributed by atoms with Gasteiger partial charge in [0.1, 0.15) is 5.76 Å². The molecule has 0 saturated carbocycles. The topological polar surface area (TPSA) is 88.4 Å². The molecule has 3 aromatic rings. The molecule has 25 heavy (non-hydrogen) atoms. The monoisotopic (exact) mass is 356 g/mol. The molecule has 0 bridgehead atoms. The van der Waals surface area contributed by atoms with E-state index in [0.717, 1.165) is 0 Å². The number of amides is 1. The smallest absolute Gasteiger partial charge is 0.255 e. The highest BCUT2D eigenvalue weighted by molar-refractivity contribution is 7.89. The highest BCUT2D eigenvalue weighted by atomic mass is 32.2. The standard InChI is InChI=1S/C18H16N2O4S/c21-18(14-5-2-1-3-6-14)20-15-8-10-17(11-9-15)25(22,23)19-13-16-7-4-12-24-16/h1-12,19H,13H2,(H,20,21). The third-order valence-electron chi connectivity index (χ3n) is 3.47. The summed E-state index contributed by atoms with van der Waals surface area (Å²) in [6, 6.07) is 18.1. The maximum absolute atomic E-state index is 12.2. The van der Waals surface area contributed by atoms with Gasteiger partial charge in [-0.1, -0.05) is 18.2 Å². The summed E-state index contributed by atoms with van der Waals surface area (Å²) in [7, 11) is -3.66. The maximum atomic E-state index is 12.2. The van der Waals surface area contributed by atoms with Gasteiger partial charge in [0.15, 0.2) is 0 Å². The molecule has 0 aliphatic carbocycles. The predicted octanol–water partition coefficient (Wildman–Crippen LogP) is 3.01. The molecule has 0 aliphatic rings. The Morgan fingerprint density at radius 3 is 2.28 bits per heavy atom. The zero-order chi connectivity index (χ0) is 17.7. The molecule has 0 unspecified atom stereocenters. The molecule has 0 aliphatic heterocycles. The molecule has 1 amide bonds. The van der Waals surface area contributed by atoms with Crippen molar-refractivity contribution >= 4 is 21.6 Å². The minimum atomic E-state index is -3.66. The van der Waals surface area contributed by atoms with Crippen LogP contribution in [0.15, 0.2) is 82.3 Å². The van der Waals surface area contributed by atoms with Crippen LogP contribution in [0.5, 0.6) is 0 Å². The zero-order valence-corrected chi connectivity index (χ0v) is 14.0. The molecule has 0 fully saturated rings. The molecular weight excluding hydrogens is 340 g/mol. The summed E-state index contributed by atoms with van der Waals surface area (Å²) in [6.07, 6.45) is 1.48. The van der Waals surface area contributed by atoms with E-state index in [0.29, 0.717) is 17.0 Å². The number of furan rings is 1. The zero-order valence-electron chi connectivity index (χ0n) is 13.2. The van der Waals surface area contributed by atoms with Crippen LogP contribution in [0.3, 0.4) is 0 Å². The molecular formula is C18H16N2O4S. The van der Waals surface area contributed by atoms with Crippen LogP contribution in [0, 0.1) is 0 Å². The normalized spacial score (nSPS) is 11.2. The Kier molecular flexibility index (Phi) is 4.97. The van der Waals surface area contributed by atoms with Crippen molar-refractivity contribution in [1.82, 2.24) is 4.72 Å². The van der Waals surface area contributed by atoms with Crippen molar-refractivity contribution in [2.24, 2.45) is 0 Å². The Bertz CT molecular complexity index is 935. The molecule has 0 atom stereocenters. The molecule has 3 rings (SSSR count). The predicted molar refractivity (Wildman–Crippen MR) is 93.6 cm³/mol. The van der Waals surface area contributed by atoms with E-state index in [2.05, 4.69) is 10.0 Å². The second kappa shape index (κ2) is 7.33. The molecule has 7 heteroatoms. The van der Waals surface area contributed by atoms with Gasteiger partial charge in [-0.3, -0.25) is 4.79 Å². The fourth-order valence-corrected chi connectivity index (χ4v) is 3.17. The molecule has 0 saturated heterocycles. The lowest BCUT2D eigenvalue weighted by Gasteiger charge is -2.08. The Balaban J connectivity index is 1.66. The Morgan fingerprint density at radius 1 is 0.920 bits per heavy atom. The van der Waals surface area contributed by atoms with Crippen molar-refractivity contribution in [2.75, 3.05) is 5.32 Å². The summed E-state index contributed by atoms with van der Waals surface area (Å²) >= 11 is 0. The first-order valence-corrected chi connectivity index (χ1v) is 9.01. The number of hydrogen-bond donors (Lipinski definition) is 2. The lowest BCUT2D eigenvalue weighted by atomic mass is 10.2. The van der Waals surface area contributed by atoms with Crippen molar-refractivity contribution < 1.29 is 17.6 Å². The lowest BCUT2D eigenvalue weighted by Crippen LogP contribution is -2.23. The highest BCUT2D eigenvalue weighted by Gasteiger charge is 2.14. The number of carbonyl (C=O) groups is 1. The van der Waals surface area contributed by atoms with E-state index in [4.69, 9.17) is 4.42 Å². The van der Waals surface area contributed by atoms with E-state index < -0.39 is 10.0 Å². The van der Waals surface area contributed by atoms with Crippen molar-refractivity contribution in [3.63, 3.8) is 0 Å². The highest BCUT2D eigenvalue weighted by Crippen LogP contribution is 2.15. The van der Waals surface area contributed by atoms with Gasteiger partial charge in [-0.2, -0.15) is 0 Å². The third-order valence-corrected chi connectivity index (χ3v) is 4.89. The van der Waals surface area contributed by atoms with Crippen LogP contribution in [0.4, 0.5) is 5.69 Å². The molecule has 128 valence electrons. The minimum absolute atomic E-state index is 0.0713. The van der Waals surface area contributed by atoms with E-state index >= 15 is 0 Å². The van der Waals surface area contributed by atoms with Gasteiger partial charge in [0.05, 0.1) is 17.7 Å². The minimum Gasteiger partial charge on any atom is -0.468 e. The molecule has 2 N–H and O–H groups in total. The van der Waals surface area contributed by atoms with E-state index in [9.17, 15) is 13.2 Å². The fourth-order valence-electron chi connectivity index (χ4n) is 2.17. The van der Waals surface area contributed by atoms with Crippen LogP contribution in [0.2, 0.25) is 0 Å². The van der Waals surface area contributed by atoms with E-state index in [1.54, 1.807) is 48.5 Å². The quantitative estimate of drug-likeness (QED) is 0.711. The van der Waals surface area contributed by atoms with Gasteiger partial charge in [-0.15, -0.1) is 0 Å². The second-order valence-corrected chi connectivity index (χ2v) is 7.02. The summed E-state index contributed by atoms with van der Waals surface area (Å²) in [5, 5.41) is 2.72. The third kappa shape index (κ3) is 4.34. The van der Waals surface area contributed by atoms with Crippen LogP contribution in [-0.2, 0) is 16.6 Å². The SMILES string of the molecule is O=C(Nc1ccc(S(=O)(=O)NCc2ccco2)cc1)c1ccccc1. The average Bonchev–Trinajstić information content (AvgIpc) is 3.15. The van der Waals surface area contributed by atoms with Crippen molar-refractivity contribution in [3.05, 3.63) is 84.3 Å². The molecule has 0 radical (unpaired) electrons. The number of sulfonamides is 1. The van der Waals surface area contributed by atoms with Crippen LogP contribution < -0.4 is 10.0 Å². The van der Waals surface area contributed by atoms with Gasteiger partial charge in [-0.05, 0) is 48.5 Å². The van der Waals surface area contributed by atoms with Gasteiger partial charge in [0.2, 0.25) is 10.0 Å². The number of rotatable bonds is 6. The molecule has 2 aromatic carbocycles. The summed E-state index contributed by atoms with van der Waals surface area (Å²) in [5.41, 5.74) is 1.04. The Hall–Kier alpha value is -2.90. The molecule has 0 spiro atoms. The average molecular weight is 356 g/mol. The van der Waals surface area contributed by atoms with Gasteiger partial charge < -0.3 is 9.73 Å². The lowest BCUT2D eigenvalue weighted by molar-refractivity contribution is 0.102. The summed E-state index contributed by atoms with van der Waals surface area (Å²) in [6.45, 7) is 0.0713. The molecule has 1 aromatic heterocycles. The number of carbonyl (C=O) groups excluding carboxylic acids is 1. The number of anilines is 1. The summed E-state index contributed by atoms with van der Waals surface area (Å²) < 4.78 is 32.0. The molecule has 1 heterocycles. The van der Waals surface area contributed by atoms with E-state index in [1.807, 2.05) is 6.07 Å². The fraction of sp³-hybridized carbons (Fsp3) is 0.0556. The van der Waals surface area contributed by atoms with Crippen LogP contribution in [0.25, 0.3) is 0 Å². The number of benzene rings is 2. The van der Waals surface area contributed by atoms with Crippen molar-refractivity contribution in [1.29, 1.82) is 0 Å². The Morgan fingerprint density at radius 2 is 1.64 bits per heavy atom. The van der Waals surface area contributed by atoms with Crippen LogP contribution >= 0.6 is 0 Å². The second-order valence-electron chi connectivity index (χ2n) is 5.25. The Labute approximate surface area is 145 Å². The first kappa shape index (κ1) is 16.9. The van der Waals surface area contributed by atoms with Gasteiger partial charge in [-0.25, -0.2) is 13.1 Å². The number of nitrogens with one attached hydrogen (secondary N) is 2. The summed E-state index contributed by atoms with van der Waals surface area (Å²) in [4.78, 5) is 12.2. The maximum Gasteiger partial charge on any atom is 0.255 e. The van der Waals surface area contributed by atoms with Gasteiger partial charge >= 0.3 is 0 Å². The van der Waals surface area contributed by atoms with Crippen molar-refractivity contribution in [2.45, 2.75) is 11.4 Å².